The summed E-state index contributed by atoms with van der Waals surface area (Å²) in [5.41, 5.74) is 4.78. The standard InChI is InChI=1S/C20H21N5O4/c1-23-9-11-24(12-10-23)22-20(26)29-19-18(14-5-3-2-4-6-14)16-13-15(25(27)28)7-8-17(16)21-19/h2-8,13,21H,9-12H2,1H3,(H,22,26). The number of hydrogen-bond donors (Lipinski definition) is 2. The summed E-state index contributed by atoms with van der Waals surface area (Å²) in [7, 11) is 2.03. The molecule has 0 radical (unpaired) electrons. The SMILES string of the molecule is CN1CCN(NC(=O)Oc2[nH]c3ccc([N+](=O)[O-])cc3c2-c2ccccc2)CC1. The van der Waals surface area contributed by atoms with Crippen LogP contribution in [-0.4, -0.2) is 59.1 Å². The molecule has 1 aliphatic rings. The van der Waals surface area contributed by atoms with E-state index in [2.05, 4.69) is 15.3 Å². The number of H-pyrrole nitrogens is 1. The maximum absolute atomic E-state index is 12.5. The molecule has 0 unspecified atom stereocenters. The van der Waals surface area contributed by atoms with Crippen molar-refractivity contribution in [1.82, 2.24) is 20.3 Å². The molecule has 1 fully saturated rings. The molecular weight excluding hydrogens is 374 g/mol. The van der Waals surface area contributed by atoms with Gasteiger partial charge < -0.3 is 14.6 Å². The van der Waals surface area contributed by atoms with Gasteiger partial charge in [-0.3, -0.25) is 15.5 Å². The van der Waals surface area contributed by atoms with Crippen molar-refractivity contribution in [1.29, 1.82) is 0 Å². The van der Waals surface area contributed by atoms with Gasteiger partial charge in [0.15, 0.2) is 0 Å². The van der Waals surface area contributed by atoms with Crippen molar-refractivity contribution in [2.75, 3.05) is 33.2 Å². The lowest BCUT2D eigenvalue weighted by molar-refractivity contribution is -0.384. The monoisotopic (exact) mass is 395 g/mol. The van der Waals surface area contributed by atoms with Gasteiger partial charge in [-0.2, -0.15) is 0 Å². The van der Waals surface area contributed by atoms with Crippen molar-refractivity contribution < 1.29 is 14.5 Å². The van der Waals surface area contributed by atoms with E-state index in [0.29, 0.717) is 29.6 Å². The number of carbonyl (C=O) groups is 1. The van der Waals surface area contributed by atoms with E-state index >= 15 is 0 Å². The third-order valence-electron chi connectivity index (χ3n) is 4.97. The summed E-state index contributed by atoms with van der Waals surface area (Å²) in [5, 5.41) is 13.6. The van der Waals surface area contributed by atoms with Crippen LogP contribution in [0.3, 0.4) is 0 Å². The van der Waals surface area contributed by atoms with Crippen molar-refractivity contribution in [2.45, 2.75) is 0 Å². The maximum Gasteiger partial charge on any atom is 0.428 e. The van der Waals surface area contributed by atoms with E-state index in [1.165, 1.54) is 12.1 Å². The number of likely N-dealkylation sites (N-methyl/N-ethyl adjacent to an activating group) is 1. The number of nitro groups is 1. The van der Waals surface area contributed by atoms with Crippen molar-refractivity contribution in [3.8, 4) is 17.0 Å². The van der Waals surface area contributed by atoms with Crippen LogP contribution in [0.5, 0.6) is 5.88 Å². The first-order valence-electron chi connectivity index (χ1n) is 9.29. The lowest BCUT2D eigenvalue weighted by atomic mass is 10.0. The number of nitrogens with one attached hydrogen (secondary N) is 2. The Labute approximate surface area is 167 Å². The molecule has 0 bridgehead atoms. The van der Waals surface area contributed by atoms with Crippen LogP contribution in [0.4, 0.5) is 10.5 Å². The van der Waals surface area contributed by atoms with Gasteiger partial charge in [0.25, 0.3) is 5.69 Å². The Bertz CT molecular complexity index is 1040. The number of nitrogens with zero attached hydrogens (tertiary/aromatic N) is 3. The normalized spacial score (nSPS) is 15.3. The highest BCUT2D eigenvalue weighted by Crippen LogP contribution is 2.38. The van der Waals surface area contributed by atoms with E-state index < -0.39 is 11.0 Å². The zero-order valence-electron chi connectivity index (χ0n) is 15.9. The largest absolute Gasteiger partial charge is 0.428 e. The van der Waals surface area contributed by atoms with Gasteiger partial charge in [-0.05, 0) is 18.7 Å². The van der Waals surface area contributed by atoms with Gasteiger partial charge in [-0.1, -0.05) is 30.3 Å². The number of amides is 1. The Morgan fingerprint density at radius 3 is 2.55 bits per heavy atom. The van der Waals surface area contributed by atoms with E-state index in [-0.39, 0.29) is 11.6 Å². The minimum Gasteiger partial charge on any atom is -0.392 e. The van der Waals surface area contributed by atoms with Crippen molar-refractivity contribution in [3.63, 3.8) is 0 Å². The average molecular weight is 395 g/mol. The zero-order valence-corrected chi connectivity index (χ0v) is 15.9. The molecule has 2 heterocycles. The Hall–Kier alpha value is -3.43. The number of aromatic amines is 1. The number of rotatable bonds is 4. The van der Waals surface area contributed by atoms with Crippen LogP contribution in [0.2, 0.25) is 0 Å². The lowest BCUT2D eigenvalue weighted by Gasteiger charge is -2.31. The Morgan fingerprint density at radius 2 is 1.86 bits per heavy atom. The van der Waals surface area contributed by atoms with E-state index in [1.54, 1.807) is 6.07 Å². The number of fused-ring (bicyclic) bond motifs is 1. The van der Waals surface area contributed by atoms with Gasteiger partial charge >= 0.3 is 6.09 Å². The third-order valence-corrected chi connectivity index (χ3v) is 4.97. The third kappa shape index (κ3) is 4.05. The van der Waals surface area contributed by atoms with Gasteiger partial charge in [0.1, 0.15) is 0 Å². The highest BCUT2D eigenvalue weighted by molar-refractivity contribution is 6.00. The van der Waals surface area contributed by atoms with Gasteiger partial charge in [0, 0.05) is 49.2 Å². The van der Waals surface area contributed by atoms with Crippen LogP contribution in [-0.2, 0) is 0 Å². The van der Waals surface area contributed by atoms with Crippen LogP contribution >= 0.6 is 0 Å². The second-order valence-electron chi connectivity index (χ2n) is 6.97. The fourth-order valence-electron chi connectivity index (χ4n) is 3.40. The molecule has 150 valence electrons. The number of non-ortho nitro benzene ring substituents is 1. The number of ether oxygens (including phenoxy) is 1. The van der Waals surface area contributed by atoms with Gasteiger partial charge in [-0.15, -0.1) is 0 Å². The van der Waals surface area contributed by atoms with Crippen molar-refractivity contribution >= 4 is 22.7 Å². The second-order valence-corrected chi connectivity index (χ2v) is 6.97. The molecular formula is C20H21N5O4. The summed E-state index contributed by atoms with van der Waals surface area (Å²) in [6, 6.07) is 13.9. The molecule has 1 aromatic heterocycles. The predicted molar refractivity (Wildman–Crippen MR) is 109 cm³/mol. The molecule has 0 spiro atoms. The molecule has 1 saturated heterocycles. The van der Waals surface area contributed by atoms with Crippen LogP contribution in [0.25, 0.3) is 22.0 Å². The Morgan fingerprint density at radius 1 is 1.14 bits per heavy atom. The molecule has 29 heavy (non-hydrogen) atoms. The molecule has 9 heteroatoms. The van der Waals surface area contributed by atoms with Crippen molar-refractivity contribution in [2.24, 2.45) is 0 Å². The fraction of sp³-hybridized carbons (Fsp3) is 0.250. The Kier molecular flexibility index (Phi) is 5.15. The van der Waals surface area contributed by atoms with Gasteiger partial charge in [0.05, 0.1) is 10.5 Å². The first-order chi connectivity index (χ1) is 14.0. The summed E-state index contributed by atoms with van der Waals surface area (Å²) in [6.07, 6.45) is -0.604. The van der Waals surface area contributed by atoms with Crippen molar-refractivity contribution in [3.05, 3.63) is 58.6 Å². The summed E-state index contributed by atoms with van der Waals surface area (Å²) in [4.78, 5) is 28.5. The second kappa shape index (κ2) is 7.90. The van der Waals surface area contributed by atoms with Gasteiger partial charge in [0.2, 0.25) is 5.88 Å². The first-order valence-corrected chi connectivity index (χ1v) is 9.29. The average Bonchev–Trinajstić information content (AvgIpc) is 3.07. The van der Waals surface area contributed by atoms with Crippen LogP contribution in [0.1, 0.15) is 0 Å². The minimum atomic E-state index is -0.604. The molecule has 1 aliphatic heterocycles. The molecule has 2 aromatic carbocycles. The number of hydrogen-bond acceptors (Lipinski definition) is 6. The number of nitro benzene ring substituents is 1. The Balaban J connectivity index is 1.66. The molecule has 2 N–H and O–H groups in total. The first kappa shape index (κ1) is 18.9. The van der Waals surface area contributed by atoms with E-state index in [1.807, 2.05) is 42.4 Å². The number of benzene rings is 2. The highest BCUT2D eigenvalue weighted by Gasteiger charge is 2.22. The maximum atomic E-state index is 12.5. The topological polar surface area (TPSA) is 104 Å². The summed E-state index contributed by atoms with van der Waals surface area (Å²) >= 11 is 0. The summed E-state index contributed by atoms with van der Waals surface area (Å²) in [6.45, 7) is 3.11. The van der Waals surface area contributed by atoms with Crippen LogP contribution in [0, 0.1) is 10.1 Å². The predicted octanol–water partition coefficient (Wildman–Crippen LogP) is 2.99. The number of piperazine rings is 1. The van der Waals surface area contributed by atoms with E-state index in [4.69, 9.17) is 4.74 Å². The number of aromatic nitrogens is 1. The molecule has 3 aromatic rings. The van der Waals surface area contributed by atoms with E-state index in [9.17, 15) is 14.9 Å². The smallest absolute Gasteiger partial charge is 0.392 e. The highest BCUT2D eigenvalue weighted by atomic mass is 16.6. The summed E-state index contributed by atoms with van der Waals surface area (Å²) < 4.78 is 5.58. The lowest BCUT2D eigenvalue weighted by Crippen LogP contribution is -2.53. The zero-order chi connectivity index (χ0) is 20.4. The number of hydrazine groups is 1. The van der Waals surface area contributed by atoms with Gasteiger partial charge in [-0.25, -0.2) is 9.80 Å². The molecule has 0 atom stereocenters. The molecule has 9 nitrogen and oxygen atoms in total. The minimum absolute atomic E-state index is 0.0258. The number of carbonyl (C=O) groups excluding carboxylic acids is 1. The fourth-order valence-corrected chi connectivity index (χ4v) is 3.40. The molecule has 0 saturated carbocycles. The van der Waals surface area contributed by atoms with Crippen LogP contribution in [0.15, 0.2) is 48.5 Å². The van der Waals surface area contributed by atoms with E-state index in [0.717, 1.165) is 18.7 Å². The van der Waals surface area contributed by atoms with Crippen LogP contribution < -0.4 is 10.2 Å². The molecule has 1 amide bonds. The quantitative estimate of drug-likeness (QED) is 0.520. The molecule has 0 aliphatic carbocycles. The summed E-state index contributed by atoms with van der Waals surface area (Å²) in [5.74, 6) is 0.248. The molecule has 4 rings (SSSR count).